The van der Waals surface area contributed by atoms with Crippen LogP contribution in [0.4, 0.5) is 4.39 Å². The SMILES string of the molecule is C/C(=N/N=C1\NC(=O)[C@H](Cc2ccccc2)S1)c1ccc(F)cc1. The fraction of sp³-hybridized carbons (Fsp3) is 0.167. The van der Waals surface area contributed by atoms with E-state index in [1.54, 1.807) is 19.1 Å². The number of rotatable bonds is 4. The molecular formula is C18H16FN3OS. The van der Waals surface area contributed by atoms with E-state index in [0.29, 0.717) is 17.3 Å². The number of thioether (sulfide) groups is 1. The summed E-state index contributed by atoms with van der Waals surface area (Å²) in [5.74, 6) is -0.350. The molecule has 1 amide bonds. The van der Waals surface area contributed by atoms with Crippen LogP contribution in [0.5, 0.6) is 0 Å². The molecule has 0 saturated carbocycles. The number of nitrogens with zero attached hydrogens (tertiary/aromatic N) is 2. The minimum Gasteiger partial charge on any atom is -0.303 e. The van der Waals surface area contributed by atoms with Crippen LogP contribution in [-0.4, -0.2) is 22.0 Å². The maximum Gasteiger partial charge on any atom is 0.239 e. The van der Waals surface area contributed by atoms with Gasteiger partial charge in [-0.05, 0) is 36.6 Å². The lowest BCUT2D eigenvalue weighted by Gasteiger charge is -2.04. The largest absolute Gasteiger partial charge is 0.303 e. The third-order valence-corrected chi connectivity index (χ3v) is 4.67. The van der Waals surface area contributed by atoms with Crippen molar-refractivity contribution in [1.82, 2.24) is 5.32 Å². The van der Waals surface area contributed by atoms with Crippen LogP contribution < -0.4 is 5.32 Å². The second-order valence-corrected chi connectivity index (χ2v) is 6.57. The number of benzene rings is 2. The number of carbonyl (C=O) groups is 1. The summed E-state index contributed by atoms with van der Waals surface area (Å²) in [6, 6.07) is 15.9. The van der Waals surface area contributed by atoms with Crippen LogP contribution in [-0.2, 0) is 11.2 Å². The molecule has 0 aromatic heterocycles. The molecule has 4 nitrogen and oxygen atoms in total. The molecule has 1 atom stereocenters. The van der Waals surface area contributed by atoms with Gasteiger partial charge in [0, 0.05) is 0 Å². The zero-order valence-corrected chi connectivity index (χ0v) is 13.9. The molecule has 1 saturated heterocycles. The van der Waals surface area contributed by atoms with E-state index in [9.17, 15) is 9.18 Å². The van der Waals surface area contributed by atoms with E-state index < -0.39 is 0 Å². The first-order valence-corrected chi connectivity index (χ1v) is 8.39. The van der Waals surface area contributed by atoms with Gasteiger partial charge in [-0.25, -0.2) is 4.39 Å². The second-order valence-electron chi connectivity index (χ2n) is 5.38. The Balaban J connectivity index is 1.67. The Kier molecular flexibility index (Phi) is 5.05. The molecule has 122 valence electrons. The van der Waals surface area contributed by atoms with Crippen LogP contribution >= 0.6 is 11.8 Å². The molecule has 2 aromatic carbocycles. The summed E-state index contributed by atoms with van der Waals surface area (Å²) in [4.78, 5) is 12.0. The molecule has 0 spiro atoms. The van der Waals surface area contributed by atoms with Gasteiger partial charge in [0.25, 0.3) is 0 Å². The van der Waals surface area contributed by atoms with Gasteiger partial charge < -0.3 is 5.32 Å². The summed E-state index contributed by atoms with van der Waals surface area (Å²) in [5.41, 5.74) is 2.55. The molecule has 1 fully saturated rings. The summed E-state index contributed by atoms with van der Waals surface area (Å²) >= 11 is 1.38. The molecule has 0 aliphatic carbocycles. The van der Waals surface area contributed by atoms with Crippen molar-refractivity contribution in [2.24, 2.45) is 10.2 Å². The van der Waals surface area contributed by atoms with Crippen LogP contribution in [0.1, 0.15) is 18.1 Å². The average molecular weight is 341 g/mol. The molecule has 6 heteroatoms. The molecule has 1 aliphatic heterocycles. The Morgan fingerprint density at radius 2 is 1.88 bits per heavy atom. The topological polar surface area (TPSA) is 53.8 Å². The number of hydrogen-bond acceptors (Lipinski definition) is 4. The fourth-order valence-electron chi connectivity index (χ4n) is 2.28. The zero-order chi connectivity index (χ0) is 16.9. The predicted octanol–water partition coefficient (Wildman–Crippen LogP) is 3.38. The van der Waals surface area contributed by atoms with Gasteiger partial charge in [0.05, 0.1) is 11.0 Å². The van der Waals surface area contributed by atoms with Crippen molar-refractivity contribution < 1.29 is 9.18 Å². The highest BCUT2D eigenvalue weighted by atomic mass is 32.2. The van der Waals surface area contributed by atoms with Gasteiger partial charge >= 0.3 is 0 Å². The molecule has 0 bridgehead atoms. The van der Waals surface area contributed by atoms with E-state index in [1.165, 1.54) is 23.9 Å². The van der Waals surface area contributed by atoms with Gasteiger partial charge in [0.15, 0.2) is 5.17 Å². The third kappa shape index (κ3) is 4.08. The van der Waals surface area contributed by atoms with E-state index in [4.69, 9.17) is 0 Å². The summed E-state index contributed by atoms with van der Waals surface area (Å²) < 4.78 is 12.9. The summed E-state index contributed by atoms with van der Waals surface area (Å²) in [5, 5.41) is 11.3. The Hall–Kier alpha value is -2.47. The summed E-state index contributed by atoms with van der Waals surface area (Å²) in [6.45, 7) is 1.79. The lowest BCUT2D eigenvalue weighted by Crippen LogP contribution is -2.25. The van der Waals surface area contributed by atoms with Gasteiger partial charge in [0.1, 0.15) is 5.82 Å². The van der Waals surface area contributed by atoms with Crippen molar-refractivity contribution in [3.63, 3.8) is 0 Å². The first kappa shape index (κ1) is 16.4. The lowest BCUT2D eigenvalue weighted by atomic mass is 10.1. The predicted molar refractivity (Wildman–Crippen MR) is 95.7 cm³/mol. The van der Waals surface area contributed by atoms with Gasteiger partial charge in [-0.3, -0.25) is 4.79 Å². The number of amides is 1. The highest BCUT2D eigenvalue weighted by molar-refractivity contribution is 8.15. The molecule has 2 aromatic rings. The number of carbonyl (C=O) groups excluding carboxylic acids is 1. The molecule has 1 N–H and O–H groups in total. The van der Waals surface area contributed by atoms with E-state index in [0.717, 1.165) is 11.1 Å². The van der Waals surface area contributed by atoms with Gasteiger partial charge in [-0.15, -0.1) is 5.10 Å². The Labute approximate surface area is 143 Å². The molecule has 0 unspecified atom stereocenters. The van der Waals surface area contributed by atoms with Crippen LogP contribution in [0.25, 0.3) is 0 Å². The van der Waals surface area contributed by atoms with Crippen molar-refractivity contribution in [3.8, 4) is 0 Å². The van der Waals surface area contributed by atoms with Crippen molar-refractivity contribution in [3.05, 3.63) is 71.5 Å². The van der Waals surface area contributed by atoms with Crippen molar-refractivity contribution in [2.45, 2.75) is 18.6 Å². The van der Waals surface area contributed by atoms with Crippen LogP contribution in [0.3, 0.4) is 0 Å². The van der Waals surface area contributed by atoms with Gasteiger partial charge in [-0.1, -0.05) is 54.2 Å². The molecule has 24 heavy (non-hydrogen) atoms. The number of nitrogens with one attached hydrogen (secondary N) is 1. The molecule has 3 rings (SSSR count). The highest BCUT2D eigenvalue weighted by Gasteiger charge is 2.30. The summed E-state index contributed by atoms with van der Waals surface area (Å²) in [7, 11) is 0. The smallest absolute Gasteiger partial charge is 0.239 e. The first-order chi connectivity index (χ1) is 11.6. The maximum atomic E-state index is 12.9. The van der Waals surface area contributed by atoms with Crippen LogP contribution in [0.15, 0.2) is 64.8 Å². The first-order valence-electron chi connectivity index (χ1n) is 7.51. The lowest BCUT2D eigenvalue weighted by molar-refractivity contribution is -0.118. The monoisotopic (exact) mass is 341 g/mol. The van der Waals surface area contributed by atoms with Gasteiger partial charge in [0.2, 0.25) is 5.91 Å². The second kappa shape index (κ2) is 7.40. The normalized spacial score (nSPS) is 19.6. The van der Waals surface area contributed by atoms with Gasteiger partial charge in [-0.2, -0.15) is 5.10 Å². The van der Waals surface area contributed by atoms with Crippen molar-refractivity contribution in [1.29, 1.82) is 0 Å². The highest BCUT2D eigenvalue weighted by Crippen LogP contribution is 2.23. The van der Waals surface area contributed by atoms with Crippen molar-refractivity contribution in [2.75, 3.05) is 0 Å². The molecule has 1 aliphatic rings. The zero-order valence-electron chi connectivity index (χ0n) is 13.1. The Morgan fingerprint density at radius 3 is 2.58 bits per heavy atom. The Bertz CT molecular complexity index is 788. The van der Waals surface area contributed by atoms with E-state index in [1.807, 2.05) is 30.3 Å². The van der Waals surface area contributed by atoms with Crippen LogP contribution in [0.2, 0.25) is 0 Å². The number of halogens is 1. The van der Waals surface area contributed by atoms with E-state index in [2.05, 4.69) is 15.5 Å². The van der Waals surface area contributed by atoms with Crippen molar-refractivity contribution >= 4 is 28.5 Å². The van der Waals surface area contributed by atoms with E-state index in [-0.39, 0.29) is 17.0 Å². The molecule has 1 heterocycles. The average Bonchev–Trinajstić information content (AvgIpc) is 2.94. The minimum absolute atomic E-state index is 0.0581. The van der Waals surface area contributed by atoms with E-state index >= 15 is 0 Å². The summed E-state index contributed by atoms with van der Waals surface area (Å²) in [6.07, 6.45) is 0.650. The maximum absolute atomic E-state index is 12.9. The quantitative estimate of drug-likeness (QED) is 0.685. The number of hydrogen-bond donors (Lipinski definition) is 1. The fourth-order valence-corrected chi connectivity index (χ4v) is 3.24. The Morgan fingerprint density at radius 1 is 1.17 bits per heavy atom. The third-order valence-electron chi connectivity index (χ3n) is 3.59. The number of amidine groups is 1. The minimum atomic E-state index is -0.291. The standard InChI is InChI=1S/C18H16FN3OS/c1-12(14-7-9-15(19)10-8-14)21-22-18-20-17(23)16(24-18)11-13-5-3-2-4-6-13/h2-10,16H,11H2,1H3,(H,20,22,23)/b21-12-/t16-/m0/s1. The van der Waals surface area contributed by atoms with Crippen LogP contribution in [0, 0.1) is 5.82 Å². The molecule has 0 radical (unpaired) electrons. The molecular weight excluding hydrogens is 325 g/mol.